The average molecular weight is 402 g/mol. The molecule has 4 heterocycles. The second-order valence-electron chi connectivity index (χ2n) is 6.90. The third kappa shape index (κ3) is 2.92. The number of ether oxygens (including phenoxy) is 1. The first kappa shape index (κ1) is 17.1. The van der Waals surface area contributed by atoms with Crippen LogP contribution < -0.4 is 4.90 Å². The van der Waals surface area contributed by atoms with E-state index in [0.717, 1.165) is 40.9 Å². The van der Waals surface area contributed by atoms with E-state index in [-0.39, 0.29) is 6.61 Å². The number of rotatable bonds is 3. The molecule has 1 aliphatic heterocycles. The highest BCUT2D eigenvalue weighted by molar-refractivity contribution is 7.19. The zero-order valence-electron chi connectivity index (χ0n) is 14.7. The second-order valence-corrected chi connectivity index (χ2v) is 8.76. The summed E-state index contributed by atoms with van der Waals surface area (Å²) in [4.78, 5) is 25.9. The predicted octanol–water partition coefficient (Wildman–Crippen LogP) is 3.59. The van der Waals surface area contributed by atoms with Crippen molar-refractivity contribution in [2.75, 3.05) is 24.7 Å². The quantitative estimate of drug-likeness (QED) is 0.723. The molecule has 0 bridgehead atoms. The van der Waals surface area contributed by atoms with E-state index >= 15 is 0 Å². The summed E-state index contributed by atoms with van der Waals surface area (Å²) in [5, 5.41) is 14.8. The van der Waals surface area contributed by atoms with Crippen LogP contribution in [-0.4, -0.2) is 46.8 Å². The van der Waals surface area contributed by atoms with Gasteiger partial charge in [-0.25, -0.2) is 14.8 Å². The van der Waals surface area contributed by atoms with Crippen molar-refractivity contribution in [1.29, 1.82) is 0 Å². The van der Waals surface area contributed by atoms with Crippen molar-refractivity contribution in [3.05, 3.63) is 27.3 Å². The predicted molar refractivity (Wildman–Crippen MR) is 107 cm³/mol. The molecule has 27 heavy (non-hydrogen) atoms. The lowest BCUT2D eigenvalue weighted by molar-refractivity contribution is -0.141. The van der Waals surface area contributed by atoms with Gasteiger partial charge in [0.2, 0.25) is 0 Å². The zero-order valence-corrected chi connectivity index (χ0v) is 16.3. The molecule has 1 unspecified atom stereocenters. The van der Waals surface area contributed by atoms with E-state index in [1.165, 1.54) is 16.9 Å². The van der Waals surface area contributed by atoms with Crippen molar-refractivity contribution in [2.45, 2.75) is 31.7 Å². The Labute approximate surface area is 164 Å². The minimum Gasteiger partial charge on any atom is -0.480 e. The Hall–Kier alpha value is -2.03. The van der Waals surface area contributed by atoms with E-state index in [1.54, 1.807) is 22.7 Å². The number of thiophene rings is 2. The van der Waals surface area contributed by atoms with Crippen molar-refractivity contribution in [3.8, 4) is 11.4 Å². The van der Waals surface area contributed by atoms with E-state index in [2.05, 4.69) is 0 Å². The normalized spacial score (nSPS) is 20.0. The Morgan fingerprint density at radius 1 is 1.30 bits per heavy atom. The van der Waals surface area contributed by atoms with Gasteiger partial charge in [-0.05, 0) is 42.7 Å². The van der Waals surface area contributed by atoms with Crippen LogP contribution in [0.4, 0.5) is 5.82 Å². The van der Waals surface area contributed by atoms with E-state index in [0.29, 0.717) is 19.0 Å². The number of nitrogens with zero attached hydrogens (tertiary/aromatic N) is 3. The van der Waals surface area contributed by atoms with Gasteiger partial charge in [0.05, 0.1) is 18.6 Å². The van der Waals surface area contributed by atoms with Crippen LogP contribution in [0.1, 0.15) is 23.3 Å². The maximum absolute atomic E-state index is 11.9. The molecule has 2 aliphatic rings. The summed E-state index contributed by atoms with van der Waals surface area (Å²) in [7, 11) is 0. The average Bonchev–Trinajstić information content (AvgIpc) is 3.35. The first-order valence-corrected chi connectivity index (χ1v) is 10.9. The van der Waals surface area contributed by atoms with Gasteiger partial charge in [-0.1, -0.05) is 0 Å². The Bertz CT molecular complexity index is 999. The molecular formula is C19H19N3O3S2. The van der Waals surface area contributed by atoms with Crippen LogP contribution in [0.2, 0.25) is 0 Å². The van der Waals surface area contributed by atoms with Crippen LogP contribution in [0, 0.1) is 0 Å². The molecule has 1 N–H and O–H groups in total. The molecular weight excluding hydrogens is 382 g/mol. The standard InChI is InChI=1S/C19H19N3O3S2/c23-19(24)13-9-25-7-6-22(13)17-15-12-3-1-2-4-14(12)27-18(15)21-16(20-17)11-5-8-26-10-11/h5,8,10,13H,1-4,6-7,9H2,(H,23,24). The van der Waals surface area contributed by atoms with Gasteiger partial charge in [-0.15, -0.1) is 11.3 Å². The molecule has 0 spiro atoms. The van der Waals surface area contributed by atoms with Gasteiger partial charge >= 0.3 is 5.97 Å². The lowest BCUT2D eigenvalue weighted by Gasteiger charge is -2.34. The van der Waals surface area contributed by atoms with Gasteiger partial charge in [0.25, 0.3) is 0 Å². The highest BCUT2D eigenvalue weighted by Crippen LogP contribution is 2.41. The molecule has 0 aromatic carbocycles. The molecule has 5 rings (SSSR count). The Morgan fingerprint density at radius 3 is 3.00 bits per heavy atom. The highest BCUT2D eigenvalue weighted by atomic mass is 32.1. The summed E-state index contributed by atoms with van der Waals surface area (Å²) in [5.41, 5.74) is 2.30. The minimum absolute atomic E-state index is 0.181. The molecule has 3 aromatic rings. The van der Waals surface area contributed by atoms with Crippen molar-refractivity contribution < 1.29 is 14.6 Å². The summed E-state index contributed by atoms with van der Waals surface area (Å²) in [6.07, 6.45) is 4.46. The molecule has 1 fully saturated rings. The number of hydrogen-bond donors (Lipinski definition) is 1. The number of aromatic nitrogens is 2. The van der Waals surface area contributed by atoms with E-state index < -0.39 is 12.0 Å². The number of hydrogen-bond acceptors (Lipinski definition) is 7. The maximum Gasteiger partial charge on any atom is 0.328 e. The molecule has 3 aromatic heterocycles. The van der Waals surface area contributed by atoms with Crippen LogP contribution in [-0.2, 0) is 22.4 Å². The molecule has 8 heteroatoms. The number of carbonyl (C=O) groups is 1. The van der Waals surface area contributed by atoms with Crippen LogP contribution in [0.25, 0.3) is 21.6 Å². The van der Waals surface area contributed by atoms with Crippen molar-refractivity contribution in [3.63, 3.8) is 0 Å². The summed E-state index contributed by atoms with van der Waals surface area (Å²) >= 11 is 3.36. The molecule has 6 nitrogen and oxygen atoms in total. The smallest absolute Gasteiger partial charge is 0.328 e. The SMILES string of the molecule is O=C(O)C1COCCN1c1nc(-c2ccsc2)nc2sc3c(c12)CCCC3. The van der Waals surface area contributed by atoms with E-state index in [4.69, 9.17) is 14.7 Å². The zero-order chi connectivity index (χ0) is 18.4. The Kier molecular flexibility index (Phi) is 4.34. The topological polar surface area (TPSA) is 75.6 Å². The van der Waals surface area contributed by atoms with Gasteiger partial charge in [0, 0.05) is 22.4 Å². The van der Waals surface area contributed by atoms with Crippen LogP contribution in [0.3, 0.4) is 0 Å². The number of carboxylic acid groups (broad SMARTS) is 1. The van der Waals surface area contributed by atoms with Gasteiger partial charge in [-0.2, -0.15) is 11.3 Å². The van der Waals surface area contributed by atoms with Gasteiger partial charge in [0.1, 0.15) is 10.6 Å². The summed E-state index contributed by atoms with van der Waals surface area (Å²) in [5.74, 6) is 0.562. The third-order valence-electron chi connectivity index (χ3n) is 5.26. The van der Waals surface area contributed by atoms with Crippen LogP contribution in [0.5, 0.6) is 0 Å². The second kappa shape index (κ2) is 6.85. The van der Waals surface area contributed by atoms with E-state index in [9.17, 15) is 9.90 Å². The molecule has 1 saturated heterocycles. The Balaban J connectivity index is 1.75. The van der Waals surface area contributed by atoms with Gasteiger partial charge in [0.15, 0.2) is 11.9 Å². The number of morpholine rings is 1. The molecule has 1 atom stereocenters. The maximum atomic E-state index is 11.9. The fourth-order valence-corrected chi connectivity index (χ4v) is 5.82. The number of fused-ring (bicyclic) bond motifs is 3. The lowest BCUT2D eigenvalue weighted by atomic mass is 9.96. The molecule has 140 valence electrons. The largest absolute Gasteiger partial charge is 0.480 e. The molecule has 1 aliphatic carbocycles. The van der Waals surface area contributed by atoms with Gasteiger partial charge < -0.3 is 14.7 Å². The fourth-order valence-electron chi connectivity index (χ4n) is 3.93. The number of anilines is 1. The number of aryl methyl sites for hydroxylation is 2. The third-order valence-corrected chi connectivity index (χ3v) is 7.13. The first-order valence-electron chi connectivity index (χ1n) is 9.14. The highest BCUT2D eigenvalue weighted by Gasteiger charge is 2.33. The summed E-state index contributed by atoms with van der Waals surface area (Å²) < 4.78 is 5.44. The Morgan fingerprint density at radius 2 is 2.19 bits per heavy atom. The van der Waals surface area contributed by atoms with Crippen LogP contribution >= 0.6 is 22.7 Å². The molecule has 0 amide bonds. The lowest BCUT2D eigenvalue weighted by Crippen LogP contribution is -2.50. The number of aliphatic carboxylic acids is 1. The number of carboxylic acids is 1. The van der Waals surface area contributed by atoms with E-state index in [1.807, 2.05) is 21.7 Å². The summed E-state index contributed by atoms with van der Waals surface area (Å²) in [6, 6.07) is 1.29. The van der Waals surface area contributed by atoms with Crippen molar-refractivity contribution >= 4 is 44.7 Å². The minimum atomic E-state index is -0.873. The monoisotopic (exact) mass is 401 g/mol. The van der Waals surface area contributed by atoms with Crippen LogP contribution in [0.15, 0.2) is 16.8 Å². The fraction of sp³-hybridized carbons (Fsp3) is 0.421. The first-order chi connectivity index (χ1) is 13.2. The van der Waals surface area contributed by atoms with Crippen molar-refractivity contribution in [2.24, 2.45) is 0 Å². The molecule has 0 saturated carbocycles. The molecule has 0 radical (unpaired) electrons. The summed E-state index contributed by atoms with van der Waals surface area (Å²) in [6.45, 7) is 1.22. The van der Waals surface area contributed by atoms with Crippen molar-refractivity contribution in [1.82, 2.24) is 9.97 Å². The van der Waals surface area contributed by atoms with Gasteiger partial charge in [-0.3, -0.25) is 0 Å².